The average molecular weight is 336 g/mol. The predicted molar refractivity (Wildman–Crippen MR) is 95.8 cm³/mol. The summed E-state index contributed by atoms with van der Waals surface area (Å²) in [5, 5.41) is 18.4. The van der Waals surface area contributed by atoms with Crippen molar-refractivity contribution >= 4 is 11.8 Å². The summed E-state index contributed by atoms with van der Waals surface area (Å²) in [5.74, 6) is -0.0602. The van der Waals surface area contributed by atoms with Crippen molar-refractivity contribution in [3.8, 4) is 0 Å². The maximum absolute atomic E-state index is 12.1. The standard InChI is InChI=1S/C20H32O4/c1-2-3-10-17(21)11-8-9-16-14-15-19(22)18(16)12-6-4-5-7-13-20(23)24/h5,7-9,16-18,21H,2-4,6,10-15H2,1H3,(H,23,24)/t16-,17?,18+/m0/s1. The quantitative estimate of drug-likeness (QED) is 0.412. The molecule has 1 aliphatic rings. The lowest BCUT2D eigenvalue weighted by Crippen LogP contribution is -2.13. The number of hydrogen-bond donors (Lipinski definition) is 2. The zero-order chi connectivity index (χ0) is 17.8. The molecule has 0 saturated heterocycles. The Labute approximate surface area is 145 Å². The number of allylic oxidation sites excluding steroid dienone is 2. The summed E-state index contributed by atoms with van der Waals surface area (Å²) in [6, 6.07) is 0. The fraction of sp³-hybridized carbons (Fsp3) is 0.700. The Morgan fingerprint density at radius 3 is 2.79 bits per heavy atom. The van der Waals surface area contributed by atoms with E-state index in [4.69, 9.17) is 5.11 Å². The van der Waals surface area contributed by atoms with Gasteiger partial charge in [-0.3, -0.25) is 9.59 Å². The van der Waals surface area contributed by atoms with Crippen molar-refractivity contribution in [1.29, 1.82) is 0 Å². The highest BCUT2D eigenvalue weighted by Crippen LogP contribution is 2.33. The van der Waals surface area contributed by atoms with E-state index < -0.39 is 5.97 Å². The molecular formula is C20H32O4. The summed E-state index contributed by atoms with van der Waals surface area (Å²) < 4.78 is 0. The van der Waals surface area contributed by atoms with Crippen LogP contribution in [-0.2, 0) is 9.59 Å². The number of carboxylic acids is 1. The molecule has 2 N–H and O–H groups in total. The van der Waals surface area contributed by atoms with Crippen LogP contribution in [0, 0.1) is 11.8 Å². The van der Waals surface area contributed by atoms with E-state index >= 15 is 0 Å². The largest absolute Gasteiger partial charge is 0.481 e. The number of hydrogen-bond acceptors (Lipinski definition) is 3. The zero-order valence-corrected chi connectivity index (χ0v) is 14.8. The highest BCUT2D eigenvalue weighted by Gasteiger charge is 2.32. The van der Waals surface area contributed by atoms with Crippen LogP contribution in [-0.4, -0.2) is 28.1 Å². The van der Waals surface area contributed by atoms with E-state index in [0.29, 0.717) is 24.5 Å². The van der Waals surface area contributed by atoms with Gasteiger partial charge in [0.2, 0.25) is 0 Å². The molecule has 0 spiro atoms. The number of aliphatic hydroxyl groups is 1. The third-order valence-corrected chi connectivity index (χ3v) is 4.68. The van der Waals surface area contributed by atoms with Crippen LogP contribution < -0.4 is 0 Å². The average Bonchev–Trinajstić information content (AvgIpc) is 2.89. The van der Waals surface area contributed by atoms with Gasteiger partial charge in [-0.05, 0) is 44.4 Å². The van der Waals surface area contributed by atoms with Crippen LogP contribution in [0.15, 0.2) is 24.3 Å². The molecule has 0 bridgehead atoms. The first-order chi connectivity index (χ1) is 11.5. The van der Waals surface area contributed by atoms with Crippen molar-refractivity contribution in [2.24, 2.45) is 11.8 Å². The highest BCUT2D eigenvalue weighted by molar-refractivity contribution is 5.83. The van der Waals surface area contributed by atoms with Gasteiger partial charge in [-0.2, -0.15) is 0 Å². The minimum atomic E-state index is -0.816. The molecule has 0 aliphatic heterocycles. The van der Waals surface area contributed by atoms with Gasteiger partial charge < -0.3 is 10.2 Å². The Hall–Kier alpha value is -1.42. The Kier molecular flexibility index (Phi) is 10.3. The number of rotatable bonds is 12. The number of carbonyl (C=O) groups excluding carboxylic acids is 1. The van der Waals surface area contributed by atoms with E-state index in [0.717, 1.165) is 44.9 Å². The third kappa shape index (κ3) is 8.44. The highest BCUT2D eigenvalue weighted by atomic mass is 16.4. The van der Waals surface area contributed by atoms with Gasteiger partial charge in [0.05, 0.1) is 12.5 Å². The molecule has 1 fully saturated rings. The summed E-state index contributed by atoms with van der Waals surface area (Å²) >= 11 is 0. The normalized spacial score (nSPS) is 22.7. The van der Waals surface area contributed by atoms with E-state index in [9.17, 15) is 14.7 Å². The molecule has 1 unspecified atom stereocenters. The number of unbranched alkanes of at least 4 members (excludes halogenated alkanes) is 2. The summed E-state index contributed by atoms with van der Waals surface area (Å²) in [6.45, 7) is 2.12. The van der Waals surface area contributed by atoms with Crippen molar-refractivity contribution in [2.45, 2.75) is 77.2 Å². The van der Waals surface area contributed by atoms with Gasteiger partial charge in [-0.1, -0.05) is 44.1 Å². The van der Waals surface area contributed by atoms with Crippen molar-refractivity contribution in [2.75, 3.05) is 0 Å². The fourth-order valence-electron chi connectivity index (χ4n) is 3.27. The smallest absolute Gasteiger partial charge is 0.307 e. The molecule has 4 nitrogen and oxygen atoms in total. The van der Waals surface area contributed by atoms with Gasteiger partial charge in [0.1, 0.15) is 5.78 Å². The van der Waals surface area contributed by atoms with Gasteiger partial charge in [-0.25, -0.2) is 0 Å². The summed E-state index contributed by atoms with van der Waals surface area (Å²) in [4.78, 5) is 22.5. The first-order valence-corrected chi connectivity index (χ1v) is 9.28. The molecule has 4 heteroatoms. The van der Waals surface area contributed by atoms with E-state index in [2.05, 4.69) is 13.0 Å². The number of aliphatic carboxylic acids is 1. The molecule has 3 atom stereocenters. The van der Waals surface area contributed by atoms with Gasteiger partial charge in [-0.15, -0.1) is 0 Å². The Morgan fingerprint density at radius 2 is 2.08 bits per heavy atom. The predicted octanol–water partition coefficient (Wildman–Crippen LogP) is 4.28. The van der Waals surface area contributed by atoms with E-state index in [1.807, 2.05) is 12.2 Å². The number of carbonyl (C=O) groups is 2. The van der Waals surface area contributed by atoms with Crippen LogP contribution in [0.1, 0.15) is 71.1 Å². The van der Waals surface area contributed by atoms with Crippen LogP contribution >= 0.6 is 0 Å². The lowest BCUT2D eigenvalue weighted by Gasteiger charge is -2.14. The molecule has 0 aromatic heterocycles. The van der Waals surface area contributed by atoms with Gasteiger partial charge in [0.25, 0.3) is 0 Å². The van der Waals surface area contributed by atoms with Crippen molar-refractivity contribution in [3.05, 3.63) is 24.3 Å². The molecule has 1 aliphatic carbocycles. The fourth-order valence-corrected chi connectivity index (χ4v) is 3.27. The van der Waals surface area contributed by atoms with E-state index in [1.54, 1.807) is 6.08 Å². The number of Topliss-reactive ketones (excluding diaryl/α,β-unsaturated/α-hetero) is 1. The maximum atomic E-state index is 12.1. The first-order valence-electron chi connectivity index (χ1n) is 9.28. The Bertz CT molecular complexity index is 439. The number of ketones is 1. The second kappa shape index (κ2) is 12.0. The van der Waals surface area contributed by atoms with E-state index in [-0.39, 0.29) is 18.4 Å². The molecule has 1 rings (SSSR count). The van der Waals surface area contributed by atoms with Crippen LogP contribution in [0.3, 0.4) is 0 Å². The molecule has 0 radical (unpaired) electrons. The number of carboxylic acid groups (broad SMARTS) is 1. The van der Waals surface area contributed by atoms with Crippen LogP contribution in [0.25, 0.3) is 0 Å². The minimum absolute atomic E-state index is 0.0636. The minimum Gasteiger partial charge on any atom is -0.481 e. The van der Waals surface area contributed by atoms with E-state index in [1.165, 1.54) is 0 Å². The summed E-state index contributed by atoms with van der Waals surface area (Å²) in [7, 11) is 0. The number of aliphatic hydroxyl groups excluding tert-OH is 1. The molecule has 0 aromatic carbocycles. The molecule has 0 aromatic rings. The summed E-state index contributed by atoms with van der Waals surface area (Å²) in [5.41, 5.74) is 0. The third-order valence-electron chi connectivity index (χ3n) is 4.68. The molecule has 0 heterocycles. The maximum Gasteiger partial charge on any atom is 0.307 e. The Morgan fingerprint density at radius 1 is 1.29 bits per heavy atom. The van der Waals surface area contributed by atoms with Gasteiger partial charge in [0.15, 0.2) is 0 Å². The Balaban J connectivity index is 2.32. The topological polar surface area (TPSA) is 74.6 Å². The monoisotopic (exact) mass is 336 g/mol. The lowest BCUT2D eigenvalue weighted by molar-refractivity contribution is -0.136. The summed E-state index contributed by atoms with van der Waals surface area (Å²) in [6.07, 6.45) is 15.4. The van der Waals surface area contributed by atoms with Crippen molar-refractivity contribution in [1.82, 2.24) is 0 Å². The van der Waals surface area contributed by atoms with Crippen molar-refractivity contribution in [3.63, 3.8) is 0 Å². The molecular weight excluding hydrogens is 304 g/mol. The lowest BCUT2D eigenvalue weighted by atomic mass is 9.89. The van der Waals surface area contributed by atoms with Crippen LogP contribution in [0.5, 0.6) is 0 Å². The second-order valence-electron chi connectivity index (χ2n) is 6.74. The van der Waals surface area contributed by atoms with Crippen LogP contribution in [0.2, 0.25) is 0 Å². The SMILES string of the molecule is CCCCC(O)CC=C[C@H]1CCC(=O)[C@@H]1CCCC=CCC(=O)O. The molecule has 24 heavy (non-hydrogen) atoms. The zero-order valence-electron chi connectivity index (χ0n) is 14.8. The van der Waals surface area contributed by atoms with Gasteiger partial charge >= 0.3 is 5.97 Å². The second-order valence-corrected chi connectivity index (χ2v) is 6.74. The molecule has 0 amide bonds. The van der Waals surface area contributed by atoms with Crippen molar-refractivity contribution < 1.29 is 19.8 Å². The van der Waals surface area contributed by atoms with Gasteiger partial charge in [0, 0.05) is 12.3 Å². The van der Waals surface area contributed by atoms with Crippen LogP contribution in [0.4, 0.5) is 0 Å². The first kappa shape index (κ1) is 20.6. The molecule has 136 valence electrons. The molecule has 1 saturated carbocycles.